The standard InChI is InChI=1S/C7H10O5/c1-2-3-4(8)5(9)6(10)7(11)12-3/h1,3-11H/t3-,4+,5+,6?,7?/m0/s1. The first-order valence-corrected chi connectivity index (χ1v) is 3.41. The minimum absolute atomic E-state index is 1.08. The molecule has 12 heavy (non-hydrogen) atoms. The van der Waals surface area contributed by atoms with E-state index in [0.29, 0.717) is 0 Å². The predicted octanol–water partition coefficient (Wildman–Crippen LogP) is -2.58. The monoisotopic (exact) mass is 174 g/mol. The minimum Gasteiger partial charge on any atom is -0.387 e. The number of rotatable bonds is 0. The molecule has 0 bridgehead atoms. The summed E-state index contributed by atoms with van der Waals surface area (Å²) in [5, 5.41) is 36.1. The number of aliphatic hydroxyl groups excluding tert-OH is 4. The van der Waals surface area contributed by atoms with E-state index in [2.05, 4.69) is 4.74 Å². The zero-order chi connectivity index (χ0) is 9.30. The molecule has 1 heterocycles. The van der Waals surface area contributed by atoms with Gasteiger partial charge in [-0.1, -0.05) is 5.92 Å². The van der Waals surface area contributed by atoms with Crippen molar-refractivity contribution in [2.45, 2.75) is 30.7 Å². The molecular weight excluding hydrogens is 164 g/mol. The van der Waals surface area contributed by atoms with Crippen LogP contribution in [0.3, 0.4) is 0 Å². The van der Waals surface area contributed by atoms with Gasteiger partial charge in [0.15, 0.2) is 6.29 Å². The Bertz CT molecular complexity index is 198. The van der Waals surface area contributed by atoms with E-state index in [4.69, 9.17) is 26.8 Å². The smallest absolute Gasteiger partial charge is 0.185 e. The summed E-state index contributed by atoms with van der Waals surface area (Å²) in [6.07, 6.45) is -2.08. The highest BCUT2D eigenvalue weighted by Gasteiger charge is 2.42. The van der Waals surface area contributed by atoms with Crippen LogP contribution in [-0.2, 0) is 4.74 Å². The molecule has 0 radical (unpaired) electrons. The summed E-state index contributed by atoms with van der Waals surface area (Å²) in [4.78, 5) is 0. The Morgan fingerprint density at radius 2 is 1.58 bits per heavy atom. The third-order valence-electron chi connectivity index (χ3n) is 1.75. The molecule has 68 valence electrons. The van der Waals surface area contributed by atoms with Crippen LogP contribution in [0.2, 0.25) is 0 Å². The van der Waals surface area contributed by atoms with Crippen molar-refractivity contribution in [3.63, 3.8) is 0 Å². The van der Waals surface area contributed by atoms with Gasteiger partial charge in [-0.3, -0.25) is 0 Å². The van der Waals surface area contributed by atoms with Crippen molar-refractivity contribution in [3.8, 4) is 12.3 Å². The Balaban J connectivity index is 2.72. The van der Waals surface area contributed by atoms with Gasteiger partial charge in [0, 0.05) is 0 Å². The van der Waals surface area contributed by atoms with Crippen molar-refractivity contribution >= 4 is 0 Å². The average molecular weight is 174 g/mol. The lowest BCUT2D eigenvalue weighted by molar-refractivity contribution is -0.269. The van der Waals surface area contributed by atoms with Gasteiger partial charge in [0.05, 0.1) is 0 Å². The maximum absolute atomic E-state index is 9.14. The zero-order valence-electron chi connectivity index (χ0n) is 6.16. The van der Waals surface area contributed by atoms with Crippen molar-refractivity contribution < 1.29 is 25.2 Å². The summed E-state index contributed by atoms with van der Waals surface area (Å²) in [5.74, 6) is 2.03. The predicted molar refractivity (Wildman–Crippen MR) is 37.7 cm³/mol. The molecule has 5 nitrogen and oxygen atoms in total. The summed E-state index contributed by atoms with van der Waals surface area (Å²) < 4.78 is 4.59. The Morgan fingerprint density at radius 1 is 1.00 bits per heavy atom. The van der Waals surface area contributed by atoms with Crippen LogP contribution in [0.4, 0.5) is 0 Å². The first-order chi connectivity index (χ1) is 5.57. The summed E-state index contributed by atoms with van der Waals surface area (Å²) in [6, 6.07) is 0. The lowest BCUT2D eigenvalue weighted by Gasteiger charge is -2.35. The van der Waals surface area contributed by atoms with Gasteiger partial charge in [-0.2, -0.15) is 0 Å². The van der Waals surface area contributed by atoms with Crippen LogP contribution < -0.4 is 0 Å². The minimum atomic E-state index is -1.55. The third kappa shape index (κ3) is 1.43. The summed E-state index contributed by atoms with van der Waals surface area (Å²) >= 11 is 0. The summed E-state index contributed by atoms with van der Waals surface area (Å²) in [6.45, 7) is 0. The van der Waals surface area contributed by atoms with Crippen molar-refractivity contribution in [3.05, 3.63) is 0 Å². The molecule has 0 saturated carbocycles. The summed E-state index contributed by atoms with van der Waals surface area (Å²) in [5.41, 5.74) is 0. The van der Waals surface area contributed by atoms with E-state index >= 15 is 0 Å². The number of hydrogen-bond acceptors (Lipinski definition) is 5. The van der Waals surface area contributed by atoms with Gasteiger partial charge >= 0.3 is 0 Å². The van der Waals surface area contributed by atoms with E-state index in [1.54, 1.807) is 0 Å². The van der Waals surface area contributed by atoms with Gasteiger partial charge in [0.25, 0.3) is 0 Å². The summed E-state index contributed by atoms with van der Waals surface area (Å²) in [7, 11) is 0. The quantitative estimate of drug-likeness (QED) is 0.303. The molecular formula is C7H10O5. The third-order valence-corrected chi connectivity index (χ3v) is 1.75. The van der Waals surface area contributed by atoms with Crippen LogP contribution in [-0.4, -0.2) is 51.1 Å². The first kappa shape index (κ1) is 9.45. The van der Waals surface area contributed by atoms with E-state index in [0.717, 1.165) is 0 Å². The van der Waals surface area contributed by atoms with Gasteiger partial charge in [0.2, 0.25) is 0 Å². The normalized spacial score (nSPS) is 48.4. The highest BCUT2D eigenvalue weighted by molar-refractivity contribution is 5.04. The SMILES string of the molecule is C#C[C@@H]1OC(O)C(O)[C@H](O)[C@@H]1O. The van der Waals surface area contributed by atoms with Crippen LogP contribution in [0.25, 0.3) is 0 Å². The van der Waals surface area contributed by atoms with E-state index < -0.39 is 30.7 Å². The largest absolute Gasteiger partial charge is 0.387 e. The highest BCUT2D eigenvalue weighted by atomic mass is 16.6. The van der Waals surface area contributed by atoms with Crippen LogP contribution in [0.15, 0.2) is 0 Å². The highest BCUT2D eigenvalue weighted by Crippen LogP contribution is 2.18. The van der Waals surface area contributed by atoms with Gasteiger partial charge in [-0.15, -0.1) is 6.42 Å². The Morgan fingerprint density at radius 3 is 2.08 bits per heavy atom. The van der Waals surface area contributed by atoms with Crippen molar-refractivity contribution in [2.75, 3.05) is 0 Å². The molecule has 5 atom stereocenters. The maximum atomic E-state index is 9.14. The zero-order valence-corrected chi connectivity index (χ0v) is 6.16. The van der Waals surface area contributed by atoms with Crippen LogP contribution >= 0.6 is 0 Å². The molecule has 1 aliphatic heterocycles. The number of hydrogen-bond donors (Lipinski definition) is 4. The molecule has 1 rings (SSSR count). The van der Waals surface area contributed by atoms with Gasteiger partial charge in [-0.05, 0) is 0 Å². The molecule has 0 aromatic heterocycles. The average Bonchev–Trinajstić information content (AvgIpc) is 2.08. The second-order valence-electron chi connectivity index (χ2n) is 2.59. The Hall–Kier alpha value is -0.640. The molecule has 2 unspecified atom stereocenters. The fraction of sp³-hybridized carbons (Fsp3) is 0.714. The lowest BCUT2D eigenvalue weighted by atomic mass is 10.00. The van der Waals surface area contributed by atoms with Crippen molar-refractivity contribution in [2.24, 2.45) is 0 Å². The van der Waals surface area contributed by atoms with E-state index in [1.165, 1.54) is 0 Å². The van der Waals surface area contributed by atoms with Gasteiger partial charge in [-0.25, -0.2) is 0 Å². The second kappa shape index (κ2) is 3.39. The first-order valence-electron chi connectivity index (χ1n) is 3.41. The molecule has 0 aliphatic carbocycles. The number of ether oxygens (including phenoxy) is 1. The maximum Gasteiger partial charge on any atom is 0.185 e. The number of terminal acetylenes is 1. The van der Waals surface area contributed by atoms with Crippen LogP contribution in [0, 0.1) is 12.3 Å². The van der Waals surface area contributed by atoms with E-state index in [1.807, 2.05) is 5.92 Å². The van der Waals surface area contributed by atoms with E-state index in [9.17, 15) is 0 Å². The molecule has 5 heteroatoms. The fourth-order valence-corrected chi connectivity index (χ4v) is 0.999. The molecule has 1 saturated heterocycles. The van der Waals surface area contributed by atoms with Crippen molar-refractivity contribution in [1.82, 2.24) is 0 Å². The molecule has 0 aromatic rings. The second-order valence-corrected chi connectivity index (χ2v) is 2.59. The molecule has 0 amide bonds. The van der Waals surface area contributed by atoms with Crippen LogP contribution in [0.1, 0.15) is 0 Å². The van der Waals surface area contributed by atoms with Gasteiger partial charge in [0.1, 0.15) is 24.4 Å². The molecule has 1 aliphatic rings. The lowest BCUT2D eigenvalue weighted by Crippen LogP contribution is -2.56. The molecule has 1 fully saturated rings. The Kier molecular flexibility index (Phi) is 2.67. The fourth-order valence-electron chi connectivity index (χ4n) is 0.999. The molecule has 0 aromatic carbocycles. The van der Waals surface area contributed by atoms with Crippen LogP contribution in [0.5, 0.6) is 0 Å². The molecule has 4 N–H and O–H groups in total. The molecule has 0 spiro atoms. The Labute approximate surface area is 69.2 Å². The van der Waals surface area contributed by atoms with Gasteiger partial charge < -0.3 is 25.2 Å². The number of aliphatic hydroxyl groups is 4. The topological polar surface area (TPSA) is 90.2 Å². The van der Waals surface area contributed by atoms with E-state index in [-0.39, 0.29) is 0 Å². The van der Waals surface area contributed by atoms with Crippen molar-refractivity contribution in [1.29, 1.82) is 0 Å².